The molecule has 0 aliphatic heterocycles. The van der Waals surface area contributed by atoms with Crippen molar-refractivity contribution in [2.24, 2.45) is 5.73 Å². The van der Waals surface area contributed by atoms with Crippen LogP contribution in [0.4, 0.5) is 0 Å². The van der Waals surface area contributed by atoms with Crippen LogP contribution >= 0.6 is 0 Å². The molecule has 19 heavy (non-hydrogen) atoms. The Hall–Kier alpha value is -0.970. The average Bonchev–Trinajstić information content (AvgIpc) is 2.46. The third-order valence-corrected chi connectivity index (χ3v) is 3.78. The monoisotopic (exact) mass is 264 g/mol. The van der Waals surface area contributed by atoms with Crippen LogP contribution in [-0.4, -0.2) is 38.0 Å². The minimum atomic E-state index is 0.136. The second-order valence-corrected chi connectivity index (χ2v) is 5.10. The molecule has 106 valence electrons. The molecule has 2 N–H and O–H groups in total. The van der Waals surface area contributed by atoms with Crippen molar-refractivity contribution in [2.45, 2.75) is 37.6 Å². The quantitative estimate of drug-likeness (QED) is 0.764. The van der Waals surface area contributed by atoms with Gasteiger partial charge in [-0.2, -0.15) is 0 Å². The summed E-state index contributed by atoms with van der Waals surface area (Å²) >= 11 is 0. The zero-order chi connectivity index (χ0) is 13.5. The van der Waals surface area contributed by atoms with E-state index < -0.39 is 0 Å². The molecule has 1 aliphatic rings. The fourth-order valence-electron chi connectivity index (χ4n) is 2.73. The molecule has 0 radical (unpaired) electrons. The second kappa shape index (κ2) is 7.58. The van der Waals surface area contributed by atoms with E-state index >= 15 is 0 Å². The first kappa shape index (κ1) is 14.4. The Morgan fingerprint density at radius 2 is 2.32 bits per heavy atom. The average molecular weight is 264 g/mol. The number of pyridine rings is 1. The predicted octanol–water partition coefficient (Wildman–Crippen LogP) is 1.88. The van der Waals surface area contributed by atoms with Gasteiger partial charge in [-0.1, -0.05) is 6.07 Å². The van der Waals surface area contributed by atoms with E-state index in [1.165, 1.54) is 17.7 Å². The van der Waals surface area contributed by atoms with Crippen molar-refractivity contribution in [3.05, 3.63) is 29.6 Å². The highest BCUT2D eigenvalue weighted by Crippen LogP contribution is 2.32. The van der Waals surface area contributed by atoms with E-state index in [4.69, 9.17) is 15.2 Å². The zero-order valence-electron chi connectivity index (χ0n) is 11.7. The molecule has 4 heteroatoms. The number of ether oxygens (including phenoxy) is 2. The molecular formula is C15H24N2O2. The Morgan fingerprint density at radius 3 is 3.16 bits per heavy atom. The molecule has 0 amide bonds. The molecule has 1 aromatic rings. The van der Waals surface area contributed by atoms with Crippen molar-refractivity contribution in [3.8, 4) is 0 Å². The Balaban J connectivity index is 1.84. The predicted molar refractivity (Wildman–Crippen MR) is 75.2 cm³/mol. The van der Waals surface area contributed by atoms with Crippen LogP contribution < -0.4 is 5.73 Å². The van der Waals surface area contributed by atoms with Crippen LogP contribution in [0.3, 0.4) is 0 Å². The van der Waals surface area contributed by atoms with Crippen LogP contribution in [0.2, 0.25) is 0 Å². The fraction of sp³-hybridized carbons (Fsp3) is 0.667. The van der Waals surface area contributed by atoms with Crippen molar-refractivity contribution in [3.63, 3.8) is 0 Å². The highest BCUT2D eigenvalue weighted by Gasteiger charge is 2.26. The smallest absolute Gasteiger partial charge is 0.0700 e. The molecule has 0 spiro atoms. The first-order valence-corrected chi connectivity index (χ1v) is 7.09. The number of hydrogen-bond acceptors (Lipinski definition) is 4. The standard InChI is InChI=1S/C15H24N2O2/c1-18-10-11-19-9-7-14(16)13-6-2-4-12-5-3-8-17-15(12)13/h3,5,8,13-14H,2,4,6-7,9-11,16H2,1H3. The normalized spacial score (nSPS) is 20.0. The first-order valence-electron chi connectivity index (χ1n) is 7.09. The van der Waals surface area contributed by atoms with E-state index in [0.29, 0.717) is 25.7 Å². The zero-order valence-corrected chi connectivity index (χ0v) is 11.7. The van der Waals surface area contributed by atoms with Gasteiger partial charge in [-0.25, -0.2) is 0 Å². The maximum Gasteiger partial charge on any atom is 0.0700 e. The number of aromatic nitrogens is 1. The lowest BCUT2D eigenvalue weighted by atomic mass is 9.81. The van der Waals surface area contributed by atoms with Gasteiger partial charge >= 0.3 is 0 Å². The van der Waals surface area contributed by atoms with Crippen molar-refractivity contribution < 1.29 is 9.47 Å². The van der Waals surface area contributed by atoms with Gasteiger partial charge in [-0.05, 0) is 37.3 Å². The summed E-state index contributed by atoms with van der Waals surface area (Å²) in [7, 11) is 1.68. The number of hydrogen-bond donors (Lipinski definition) is 1. The number of rotatable bonds is 7. The Morgan fingerprint density at radius 1 is 1.42 bits per heavy atom. The summed E-state index contributed by atoms with van der Waals surface area (Å²) in [6.07, 6.45) is 6.24. The summed E-state index contributed by atoms with van der Waals surface area (Å²) in [6, 6.07) is 4.33. The van der Waals surface area contributed by atoms with Gasteiger partial charge in [-0.3, -0.25) is 4.98 Å². The molecule has 1 heterocycles. The molecule has 1 aliphatic carbocycles. The lowest BCUT2D eigenvalue weighted by molar-refractivity contribution is 0.0659. The number of fused-ring (bicyclic) bond motifs is 1. The van der Waals surface area contributed by atoms with E-state index in [-0.39, 0.29) is 6.04 Å². The largest absolute Gasteiger partial charge is 0.382 e. The Labute approximate surface area is 115 Å². The number of nitrogens with two attached hydrogens (primary N) is 1. The molecule has 1 aromatic heterocycles. The van der Waals surface area contributed by atoms with E-state index in [1.54, 1.807) is 7.11 Å². The molecule has 2 unspecified atom stereocenters. The maximum atomic E-state index is 6.33. The van der Waals surface area contributed by atoms with Crippen molar-refractivity contribution in [1.29, 1.82) is 0 Å². The van der Waals surface area contributed by atoms with E-state index in [2.05, 4.69) is 11.1 Å². The van der Waals surface area contributed by atoms with Crippen LogP contribution in [-0.2, 0) is 15.9 Å². The van der Waals surface area contributed by atoms with Gasteiger partial charge in [0.05, 0.1) is 13.2 Å². The molecular weight excluding hydrogens is 240 g/mol. The lowest BCUT2D eigenvalue weighted by Crippen LogP contribution is -2.33. The molecule has 2 atom stereocenters. The van der Waals surface area contributed by atoms with Gasteiger partial charge in [0.25, 0.3) is 0 Å². The van der Waals surface area contributed by atoms with E-state index in [1.807, 2.05) is 12.3 Å². The summed E-state index contributed by atoms with van der Waals surface area (Å²) in [5, 5.41) is 0. The molecule has 4 nitrogen and oxygen atoms in total. The van der Waals surface area contributed by atoms with E-state index in [9.17, 15) is 0 Å². The van der Waals surface area contributed by atoms with Gasteiger partial charge < -0.3 is 15.2 Å². The van der Waals surface area contributed by atoms with Crippen LogP contribution in [0.25, 0.3) is 0 Å². The lowest BCUT2D eigenvalue weighted by Gasteiger charge is -2.29. The second-order valence-electron chi connectivity index (χ2n) is 5.10. The summed E-state index contributed by atoms with van der Waals surface area (Å²) < 4.78 is 10.4. The topological polar surface area (TPSA) is 57.4 Å². The molecule has 0 bridgehead atoms. The highest BCUT2D eigenvalue weighted by molar-refractivity contribution is 5.27. The number of aryl methyl sites for hydroxylation is 1. The van der Waals surface area contributed by atoms with Crippen molar-refractivity contribution in [1.82, 2.24) is 4.98 Å². The Bertz CT molecular complexity index is 384. The van der Waals surface area contributed by atoms with Gasteiger partial charge in [0.2, 0.25) is 0 Å². The minimum Gasteiger partial charge on any atom is -0.382 e. The van der Waals surface area contributed by atoms with Gasteiger partial charge in [-0.15, -0.1) is 0 Å². The van der Waals surface area contributed by atoms with Gasteiger partial charge in [0.15, 0.2) is 0 Å². The van der Waals surface area contributed by atoms with Crippen LogP contribution in [0.5, 0.6) is 0 Å². The summed E-state index contributed by atoms with van der Waals surface area (Å²) in [5.41, 5.74) is 8.90. The summed E-state index contributed by atoms with van der Waals surface area (Å²) in [4.78, 5) is 4.54. The third-order valence-electron chi connectivity index (χ3n) is 3.78. The van der Waals surface area contributed by atoms with Crippen LogP contribution in [0.15, 0.2) is 18.3 Å². The number of methoxy groups -OCH3 is 1. The summed E-state index contributed by atoms with van der Waals surface area (Å²) in [6.45, 7) is 1.98. The molecule has 2 rings (SSSR count). The maximum absolute atomic E-state index is 6.33. The minimum absolute atomic E-state index is 0.136. The van der Waals surface area contributed by atoms with Crippen molar-refractivity contribution >= 4 is 0 Å². The van der Waals surface area contributed by atoms with Crippen LogP contribution in [0, 0.1) is 0 Å². The third kappa shape index (κ3) is 4.00. The molecule has 0 aromatic carbocycles. The van der Waals surface area contributed by atoms with Crippen molar-refractivity contribution in [2.75, 3.05) is 26.9 Å². The molecule has 0 fully saturated rings. The fourth-order valence-corrected chi connectivity index (χ4v) is 2.73. The van der Waals surface area contributed by atoms with Gasteiger partial charge in [0.1, 0.15) is 0 Å². The summed E-state index contributed by atoms with van der Waals surface area (Å²) in [5.74, 6) is 0.385. The Kier molecular flexibility index (Phi) is 5.76. The first-order chi connectivity index (χ1) is 9.33. The highest BCUT2D eigenvalue weighted by atomic mass is 16.5. The van der Waals surface area contributed by atoms with E-state index in [0.717, 1.165) is 19.3 Å². The van der Waals surface area contributed by atoms with Gasteiger partial charge in [0, 0.05) is 37.6 Å². The molecule has 0 saturated carbocycles. The molecule has 0 saturated heterocycles. The number of nitrogens with zero attached hydrogens (tertiary/aromatic N) is 1. The van der Waals surface area contributed by atoms with Crippen LogP contribution in [0.1, 0.15) is 36.4 Å². The SMILES string of the molecule is COCCOCCC(N)C1CCCc2cccnc21.